The van der Waals surface area contributed by atoms with Gasteiger partial charge in [-0.3, -0.25) is 4.79 Å². The number of nitrogens with one attached hydrogen (secondary N) is 1. The molecule has 4 heteroatoms. The van der Waals surface area contributed by atoms with Crippen LogP contribution in [0.5, 0.6) is 5.75 Å². The molecule has 0 saturated carbocycles. The van der Waals surface area contributed by atoms with Crippen LogP contribution in [-0.2, 0) is 11.3 Å². The predicted octanol–water partition coefficient (Wildman–Crippen LogP) is 3.10. The van der Waals surface area contributed by atoms with Gasteiger partial charge in [0.15, 0.2) is 0 Å². The first-order chi connectivity index (χ1) is 9.60. The Kier molecular flexibility index (Phi) is 4.38. The number of methoxy groups -OCH3 is 1. The van der Waals surface area contributed by atoms with Crippen LogP contribution in [-0.4, -0.2) is 18.1 Å². The maximum Gasteiger partial charge on any atom is 0.255 e. The topological polar surface area (TPSA) is 58.6 Å². The van der Waals surface area contributed by atoms with Crippen LogP contribution in [0.15, 0.2) is 42.5 Å². The smallest absolute Gasteiger partial charge is 0.255 e. The van der Waals surface area contributed by atoms with Crippen molar-refractivity contribution in [2.75, 3.05) is 12.4 Å². The minimum Gasteiger partial charge on any atom is -0.508 e. The molecular weight excluding hydrogens is 254 g/mol. The van der Waals surface area contributed by atoms with Crippen molar-refractivity contribution in [3.63, 3.8) is 0 Å². The molecule has 2 aromatic carbocycles. The number of aryl methyl sites for hydroxylation is 1. The van der Waals surface area contributed by atoms with Crippen molar-refractivity contribution in [1.82, 2.24) is 0 Å². The highest BCUT2D eigenvalue weighted by molar-refractivity contribution is 6.04. The fraction of sp³-hybridized carbons (Fsp3) is 0.188. The average Bonchev–Trinajstić information content (AvgIpc) is 2.42. The van der Waals surface area contributed by atoms with Gasteiger partial charge in [0, 0.05) is 18.4 Å². The zero-order valence-electron chi connectivity index (χ0n) is 11.5. The molecule has 2 N–H and O–H groups in total. The van der Waals surface area contributed by atoms with E-state index in [1.807, 2.05) is 24.3 Å². The van der Waals surface area contributed by atoms with E-state index < -0.39 is 0 Å². The van der Waals surface area contributed by atoms with Crippen LogP contribution < -0.4 is 5.32 Å². The van der Waals surface area contributed by atoms with Crippen molar-refractivity contribution >= 4 is 11.6 Å². The van der Waals surface area contributed by atoms with Crippen molar-refractivity contribution in [3.05, 3.63) is 59.2 Å². The summed E-state index contributed by atoms with van der Waals surface area (Å²) in [5.41, 5.74) is 2.89. The minimum absolute atomic E-state index is 0.184. The van der Waals surface area contributed by atoms with Crippen LogP contribution >= 0.6 is 0 Å². The largest absolute Gasteiger partial charge is 0.508 e. The molecular formula is C16H17NO3. The number of phenols is 1. The first-order valence-electron chi connectivity index (χ1n) is 6.29. The molecule has 0 fully saturated rings. The molecule has 2 aromatic rings. The number of aromatic hydroxyl groups is 1. The third kappa shape index (κ3) is 3.36. The summed E-state index contributed by atoms with van der Waals surface area (Å²) in [5, 5.41) is 12.3. The Hall–Kier alpha value is -2.33. The van der Waals surface area contributed by atoms with Crippen LogP contribution in [0.3, 0.4) is 0 Å². The number of carbonyl (C=O) groups excluding carboxylic acids is 1. The minimum atomic E-state index is -0.206. The number of ether oxygens (including phenoxy) is 1. The van der Waals surface area contributed by atoms with Crippen molar-refractivity contribution in [2.45, 2.75) is 13.5 Å². The predicted molar refractivity (Wildman–Crippen MR) is 78.0 cm³/mol. The van der Waals surface area contributed by atoms with Crippen LogP contribution in [0.2, 0.25) is 0 Å². The van der Waals surface area contributed by atoms with Gasteiger partial charge < -0.3 is 15.2 Å². The fourth-order valence-electron chi connectivity index (χ4n) is 1.91. The standard InChI is InChI=1S/C16H17NO3/c1-11-8-13(6-7-15(11)18)16(19)17-14-5-3-4-12(9-14)10-20-2/h3-9,18H,10H2,1-2H3,(H,17,19). The molecule has 0 aliphatic carbocycles. The van der Waals surface area contributed by atoms with Crippen molar-refractivity contribution in [1.29, 1.82) is 0 Å². The molecule has 104 valence electrons. The lowest BCUT2D eigenvalue weighted by molar-refractivity contribution is 0.102. The van der Waals surface area contributed by atoms with E-state index in [2.05, 4.69) is 5.32 Å². The lowest BCUT2D eigenvalue weighted by Gasteiger charge is -2.08. The maximum absolute atomic E-state index is 12.1. The molecule has 0 aliphatic rings. The molecule has 0 bridgehead atoms. The second kappa shape index (κ2) is 6.21. The van der Waals surface area contributed by atoms with Gasteiger partial charge in [-0.1, -0.05) is 12.1 Å². The molecule has 0 saturated heterocycles. The monoisotopic (exact) mass is 271 g/mol. The van der Waals surface area contributed by atoms with Crippen LogP contribution in [0.4, 0.5) is 5.69 Å². The number of rotatable bonds is 4. The molecule has 0 spiro atoms. The Morgan fingerprint density at radius 1 is 1.25 bits per heavy atom. The second-order valence-corrected chi connectivity index (χ2v) is 4.59. The Morgan fingerprint density at radius 2 is 2.05 bits per heavy atom. The summed E-state index contributed by atoms with van der Waals surface area (Å²) in [6.45, 7) is 2.26. The summed E-state index contributed by atoms with van der Waals surface area (Å²) >= 11 is 0. The van der Waals surface area contributed by atoms with Crippen LogP contribution in [0.25, 0.3) is 0 Å². The molecule has 2 rings (SSSR count). The van der Waals surface area contributed by atoms with Gasteiger partial charge in [0.25, 0.3) is 5.91 Å². The van der Waals surface area contributed by atoms with E-state index >= 15 is 0 Å². The van der Waals surface area contributed by atoms with Gasteiger partial charge in [-0.25, -0.2) is 0 Å². The molecule has 1 amide bonds. The van der Waals surface area contributed by atoms with E-state index in [0.717, 1.165) is 11.3 Å². The van der Waals surface area contributed by atoms with Crippen LogP contribution in [0.1, 0.15) is 21.5 Å². The lowest BCUT2D eigenvalue weighted by Crippen LogP contribution is -2.12. The molecule has 0 aliphatic heterocycles. The lowest BCUT2D eigenvalue weighted by atomic mass is 10.1. The summed E-state index contributed by atoms with van der Waals surface area (Å²) < 4.78 is 5.06. The van der Waals surface area contributed by atoms with E-state index in [1.54, 1.807) is 26.2 Å². The van der Waals surface area contributed by atoms with Crippen molar-refractivity contribution in [2.24, 2.45) is 0 Å². The fourth-order valence-corrected chi connectivity index (χ4v) is 1.91. The molecule has 0 radical (unpaired) electrons. The van der Waals surface area contributed by atoms with E-state index in [4.69, 9.17) is 4.74 Å². The summed E-state index contributed by atoms with van der Waals surface area (Å²) in [6, 6.07) is 12.3. The van der Waals surface area contributed by atoms with Gasteiger partial charge in [0.05, 0.1) is 6.61 Å². The van der Waals surface area contributed by atoms with Gasteiger partial charge in [-0.05, 0) is 48.4 Å². The van der Waals surface area contributed by atoms with Gasteiger partial charge >= 0.3 is 0 Å². The number of hydrogen-bond donors (Lipinski definition) is 2. The molecule has 20 heavy (non-hydrogen) atoms. The zero-order valence-corrected chi connectivity index (χ0v) is 11.5. The highest BCUT2D eigenvalue weighted by Crippen LogP contribution is 2.18. The van der Waals surface area contributed by atoms with E-state index in [-0.39, 0.29) is 11.7 Å². The van der Waals surface area contributed by atoms with Crippen LogP contribution in [0, 0.1) is 6.92 Å². The SMILES string of the molecule is COCc1cccc(NC(=O)c2ccc(O)c(C)c2)c1. The van der Waals surface area contributed by atoms with E-state index in [1.165, 1.54) is 6.07 Å². The summed E-state index contributed by atoms with van der Waals surface area (Å²) in [4.78, 5) is 12.1. The van der Waals surface area contributed by atoms with Gasteiger partial charge in [0.2, 0.25) is 0 Å². The van der Waals surface area contributed by atoms with Crippen molar-refractivity contribution < 1.29 is 14.6 Å². The number of carbonyl (C=O) groups is 1. The van der Waals surface area contributed by atoms with E-state index in [9.17, 15) is 9.90 Å². The molecule has 4 nitrogen and oxygen atoms in total. The van der Waals surface area contributed by atoms with Gasteiger partial charge in [-0.15, -0.1) is 0 Å². The van der Waals surface area contributed by atoms with Crippen molar-refractivity contribution in [3.8, 4) is 5.75 Å². The third-order valence-electron chi connectivity index (χ3n) is 2.95. The normalized spacial score (nSPS) is 10.3. The Bertz CT molecular complexity index is 623. The highest BCUT2D eigenvalue weighted by atomic mass is 16.5. The zero-order chi connectivity index (χ0) is 14.5. The summed E-state index contributed by atoms with van der Waals surface area (Å²) in [7, 11) is 1.63. The Labute approximate surface area is 118 Å². The first-order valence-corrected chi connectivity index (χ1v) is 6.29. The highest BCUT2D eigenvalue weighted by Gasteiger charge is 2.08. The number of anilines is 1. The molecule has 0 atom stereocenters. The second-order valence-electron chi connectivity index (χ2n) is 4.59. The maximum atomic E-state index is 12.1. The quantitative estimate of drug-likeness (QED) is 0.898. The number of phenolic OH excluding ortho intramolecular Hbond substituents is 1. The van der Waals surface area contributed by atoms with E-state index in [0.29, 0.717) is 17.7 Å². The van der Waals surface area contributed by atoms with Gasteiger partial charge in [-0.2, -0.15) is 0 Å². The molecule has 0 unspecified atom stereocenters. The molecule has 0 aromatic heterocycles. The average molecular weight is 271 g/mol. The summed E-state index contributed by atoms with van der Waals surface area (Å²) in [5.74, 6) is -0.0219. The Balaban J connectivity index is 2.14. The summed E-state index contributed by atoms with van der Waals surface area (Å²) in [6.07, 6.45) is 0. The Morgan fingerprint density at radius 3 is 2.75 bits per heavy atom. The molecule has 0 heterocycles. The number of benzene rings is 2. The number of amides is 1. The third-order valence-corrected chi connectivity index (χ3v) is 2.95. The number of hydrogen-bond acceptors (Lipinski definition) is 3. The van der Waals surface area contributed by atoms with Gasteiger partial charge in [0.1, 0.15) is 5.75 Å². The first kappa shape index (κ1) is 14.1.